The van der Waals surface area contributed by atoms with E-state index in [9.17, 15) is 14.0 Å². The van der Waals surface area contributed by atoms with E-state index in [0.29, 0.717) is 5.69 Å². The quantitative estimate of drug-likeness (QED) is 0.895. The summed E-state index contributed by atoms with van der Waals surface area (Å²) in [5.41, 5.74) is 1.79. The van der Waals surface area contributed by atoms with Crippen molar-refractivity contribution in [2.24, 2.45) is 0 Å². The number of carbonyl (C=O) groups excluding carboxylic acids is 2. The summed E-state index contributed by atoms with van der Waals surface area (Å²) >= 11 is 5.85. The maximum Gasteiger partial charge on any atom is 0.260 e. The van der Waals surface area contributed by atoms with Gasteiger partial charge in [0.05, 0.1) is 17.0 Å². The van der Waals surface area contributed by atoms with Crippen LogP contribution in [0.2, 0.25) is 5.02 Å². The highest BCUT2D eigenvalue weighted by Gasteiger charge is 2.19. The van der Waals surface area contributed by atoms with Crippen LogP contribution in [-0.4, -0.2) is 11.8 Å². The molecule has 0 saturated heterocycles. The summed E-state index contributed by atoms with van der Waals surface area (Å²) in [5, 5.41) is 5.32. The Balaban J connectivity index is 1.86. The number of anilines is 2. The van der Waals surface area contributed by atoms with Crippen LogP contribution < -0.4 is 10.6 Å². The van der Waals surface area contributed by atoms with E-state index in [1.165, 1.54) is 18.2 Å². The number of benzene rings is 2. The maximum atomic E-state index is 13.7. The van der Waals surface area contributed by atoms with E-state index < -0.39 is 11.7 Å². The molecule has 2 aromatic carbocycles. The van der Waals surface area contributed by atoms with Crippen LogP contribution in [0, 0.1) is 5.82 Å². The molecule has 0 fully saturated rings. The van der Waals surface area contributed by atoms with Gasteiger partial charge in [0.1, 0.15) is 5.82 Å². The van der Waals surface area contributed by atoms with Gasteiger partial charge in [-0.2, -0.15) is 0 Å². The number of halogens is 2. The lowest BCUT2D eigenvalue weighted by Gasteiger charge is -2.09. The summed E-state index contributed by atoms with van der Waals surface area (Å²) in [6, 6.07) is 9.06. The fourth-order valence-corrected chi connectivity index (χ4v) is 2.46. The lowest BCUT2D eigenvalue weighted by atomic mass is 10.1. The molecule has 3 rings (SSSR count). The summed E-state index contributed by atoms with van der Waals surface area (Å²) in [6.07, 6.45) is 0.263. The highest BCUT2D eigenvalue weighted by Crippen LogP contribution is 2.27. The fraction of sp³-hybridized carbons (Fsp3) is 0.0667. The van der Waals surface area contributed by atoms with Gasteiger partial charge >= 0.3 is 0 Å². The van der Waals surface area contributed by atoms with Crippen LogP contribution in [0.1, 0.15) is 15.9 Å². The smallest absolute Gasteiger partial charge is 0.260 e. The highest BCUT2D eigenvalue weighted by atomic mass is 35.5. The average molecular weight is 305 g/mol. The third-order valence-electron chi connectivity index (χ3n) is 3.18. The molecule has 1 heterocycles. The predicted octanol–water partition coefficient (Wildman–Crippen LogP) is 3.23. The molecule has 6 heteroatoms. The molecular formula is C15H10ClFN2O2. The number of hydrogen-bond donors (Lipinski definition) is 2. The Morgan fingerprint density at radius 1 is 1.29 bits per heavy atom. The third-order valence-corrected chi connectivity index (χ3v) is 3.49. The average Bonchev–Trinajstić information content (AvgIpc) is 2.77. The van der Waals surface area contributed by atoms with Gasteiger partial charge in [-0.15, -0.1) is 0 Å². The van der Waals surface area contributed by atoms with Crippen LogP contribution in [0.15, 0.2) is 36.4 Å². The molecule has 106 valence electrons. The van der Waals surface area contributed by atoms with Gasteiger partial charge in [-0.3, -0.25) is 9.59 Å². The highest BCUT2D eigenvalue weighted by molar-refractivity contribution is 6.34. The van der Waals surface area contributed by atoms with Gasteiger partial charge in [0.25, 0.3) is 5.91 Å². The van der Waals surface area contributed by atoms with Gasteiger partial charge in [0.15, 0.2) is 0 Å². The van der Waals surface area contributed by atoms with Crippen LogP contribution in [0.25, 0.3) is 0 Å². The SMILES string of the molecule is O=C1Cc2cc(NC(=O)c3c(F)cccc3Cl)ccc2N1. The molecule has 0 aliphatic carbocycles. The van der Waals surface area contributed by atoms with Crippen LogP contribution in [0.3, 0.4) is 0 Å². The Morgan fingerprint density at radius 2 is 2.10 bits per heavy atom. The first kappa shape index (κ1) is 13.6. The molecule has 1 aliphatic heterocycles. The van der Waals surface area contributed by atoms with Crippen LogP contribution in [-0.2, 0) is 11.2 Å². The molecule has 2 aromatic rings. The van der Waals surface area contributed by atoms with E-state index in [0.717, 1.165) is 11.3 Å². The summed E-state index contributed by atoms with van der Waals surface area (Å²) in [7, 11) is 0. The van der Waals surface area contributed by atoms with E-state index in [1.54, 1.807) is 18.2 Å². The summed E-state index contributed by atoms with van der Waals surface area (Å²) < 4.78 is 13.7. The number of nitrogens with one attached hydrogen (secondary N) is 2. The molecule has 0 unspecified atom stereocenters. The molecular weight excluding hydrogens is 295 g/mol. The van der Waals surface area contributed by atoms with Crippen molar-refractivity contribution in [1.29, 1.82) is 0 Å². The molecule has 2 amide bonds. The summed E-state index contributed by atoms with van der Waals surface area (Å²) in [5.74, 6) is -1.40. The Morgan fingerprint density at radius 3 is 2.86 bits per heavy atom. The molecule has 0 saturated carbocycles. The Hall–Kier alpha value is -2.40. The van der Waals surface area contributed by atoms with Gasteiger partial charge in [-0.1, -0.05) is 17.7 Å². The van der Waals surface area contributed by atoms with Crippen molar-refractivity contribution < 1.29 is 14.0 Å². The van der Waals surface area contributed by atoms with Crippen molar-refractivity contribution in [3.63, 3.8) is 0 Å². The molecule has 0 bridgehead atoms. The fourth-order valence-electron chi connectivity index (χ4n) is 2.22. The van der Waals surface area contributed by atoms with Gasteiger partial charge in [0.2, 0.25) is 5.91 Å². The first-order valence-electron chi connectivity index (χ1n) is 6.23. The largest absolute Gasteiger partial charge is 0.326 e. The van der Waals surface area contributed by atoms with Gasteiger partial charge in [-0.25, -0.2) is 4.39 Å². The van der Waals surface area contributed by atoms with E-state index >= 15 is 0 Å². The number of hydrogen-bond acceptors (Lipinski definition) is 2. The number of amides is 2. The first-order chi connectivity index (χ1) is 10.0. The second-order valence-electron chi connectivity index (χ2n) is 4.65. The van der Waals surface area contributed by atoms with E-state index in [-0.39, 0.29) is 22.9 Å². The molecule has 4 nitrogen and oxygen atoms in total. The topological polar surface area (TPSA) is 58.2 Å². The Bertz CT molecular complexity index is 741. The molecule has 0 atom stereocenters. The van der Waals surface area contributed by atoms with Crippen molar-refractivity contribution in [3.05, 3.63) is 58.4 Å². The van der Waals surface area contributed by atoms with E-state index in [2.05, 4.69) is 10.6 Å². The first-order valence-corrected chi connectivity index (χ1v) is 6.60. The van der Waals surface area contributed by atoms with Crippen molar-refractivity contribution in [3.8, 4) is 0 Å². The van der Waals surface area contributed by atoms with Gasteiger partial charge < -0.3 is 10.6 Å². The molecule has 1 aliphatic rings. The van der Waals surface area contributed by atoms with Crippen molar-refractivity contribution >= 4 is 34.8 Å². The van der Waals surface area contributed by atoms with Crippen LogP contribution in [0.5, 0.6) is 0 Å². The third kappa shape index (κ3) is 2.60. The Kier molecular flexibility index (Phi) is 3.35. The zero-order valence-electron chi connectivity index (χ0n) is 10.7. The zero-order valence-corrected chi connectivity index (χ0v) is 11.5. The summed E-state index contributed by atoms with van der Waals surface area (Å²) in [6.45, 7) is 0. The predicted molar refractivity (Wildman–Crippen MR) is 78.1 cm³/mol. The zero-order chi connectivity index (χ0) is 15.0. The molecule has 0 aromatic heterocycles. The Labute approximate surface area is 124 Å². The molecule has 2 N–H and O–H groups in total. The van der Waals surface area contributed by atoms with Crippen LogP contribution in [0.4, 0.5) is 15.8 Å². The van der Waals surface area contributed by atoms with Crippen molar-refractivity contribution in [1.82, 2.24) is 0 Å². The van der Waals surface area contributed by atoms with E-state index in [4.69, 9.17) is 11.6 Å². The van der Waals surface area contributed by atoms with Crippen molar-refractivity contribution in [2.75, 3.05) is 10.6 Å². The maximum absolute atomic E-state index is 13.7. The molecule has 21 heavy (non-hydrogen) atoms. The number of carbonyl (C=O) groups is 2. The minimum absolute atomic E-state index is 0.0468. The lowest BCUT2D eigenvalue weighted by Crippen LogP contribution is -2.14. The second kappa shape index (κ2) is 5.18. The lowest BCUT2D eigenvalue weighted by molar-refractivity contribution is -0.115. The summed E-state index contributed by atoms with van der Waals surface area (Å²) in [4.78, 5) is 23.4. The van der Waals surface area contributed by atoms with Gasteiger partial charge in [-0.05, 0) is 35.9 Å². The number of fused-ring (bicyclic) bond motifs is 1. The van der Waals surface area contributed by atoms with Crippen LogP contribution >= 0.6 is 11.6 Å². The second-order valence-corrected chi connectivity index (χ2v) is 5.05. The van der Waals surface area contributed by atoms with E-state index in [1.807, 2.05) is 0 Å². The monoisotopic (exact) mass is 304 g/mol. The molecule has 0 spiro atoms. The minimum Gasteiger partial charge on any atom is -0.326 e. The standard InChI is InChI=1S/C15H10ClFN2O2/c16-10-2-1-3-11(17)14(10)15(21)18-9-4-5-12-8(6-9)7-13(20)19-12/h1-6H,7H2,(H,18,21)(H,19,20). The normalized spacial score (nSPS) is 12.8. The molecule has 0 radical (unpaired) electrons. The minimum atomic E-state index is -0.682. The van der Waals surface area contributed by atoms with Gasteiger partial charge in [0, 0.05) is 11.4 Å². The van der Waals surface area contributed by atoms with Crippen molar-refractivity contribution in [2.45, 2.75) is 6.42 Å². The number of rotatable bonds is 2.